The Bertz CT molecular complexity index is 1080. The van der Waals surface area contributed by atoms with Crippen molar-refractivity contribution in [1.29, 1.82) is 0 Å². The van der Waals surface area contributed by atoms with Gasteiger partial charge in [-0.3, -0.25) is 14.4 Å². The van der Waals surface area contributed by atoms with E-state index in [1.165, 1.54) is 0 Å². The number of halogens is 2. The molecule has 2 aromatic rings. The van der Waals surface area contributed by atoms with Gasteiger partial charge in [-0.1, -0.05) is 72.4 Å². The number of Topliss-reactive ketones (excluding diaryl/α,β-unsaturated/α-hetero) is 1. The van der Waals surface area contributed by atoms with E-state index >= 15 is 0 Å². The molecular weight excluding hydrogens is 511 g/mol. The lowest BCUT2D eigenvalue weighted by atomic mass is 9.76. The zero-order valence-corrected chi connectivity index (χ0v) is 23.4. The van der Waals surface area contributed by atoms with Crippen molar-refractivity contribution in [2.45, 2.75) is 84.3 Å². The van der Waals surface area contributed by atoms with Gasteiger partial charge in [0.15, 0.2) is 0 Å². The molecule has 2 aromatic carbocycles. The Labute approximate surface area is 229 Å². The topological polar surface area (TPSA) is 69.7 Å². The van der Waals surface area contributed by atoms with Gasteiger partial charge in [0.2, 0.25) is 0 Å². The van der Waals surface area contributed by atoms with Crippen LogP contribution in [0.5, 0.6) is 0 Å². The van der Waals surface area contributed by atoms with Gasteiger partial charge in [0.25, 0.3) is 0 Å². The highest BCUT2D eigenvalue weighted by atomic mass is 35.5. The summed E-state index contributed by atoms with van der Waals surface area (Å²) in [6, 6.07) is 14.8. The molecule has 1 aliphatic carbocycles. The van der Waals surface area contributed by atoms with Crippen LogP contribution in [0.4, 0.5) is 0 Å². The second-order valence-electron chi connectivity index (χ2n) is 11.0. The molecule has 0 spiro atoms. The average molecular weight is 548 g/mol. The summed E-state index contributed by atoms with van der Waals surface area (Å²) in [5, 5.41) is 0.855. The molecule has 1 aliphatic rings. The third kappa shape index (κ3) is 8.86. The first-order valence-corrected chi connectivity index (χ1v) is 13.6. The maximum atomic E-state index is 13.5. The molecule has 200 valence electrons. The minimum atomic E-state index is -0.726. The van der Waals surface area contributed by atoms with Crippen LogP contribution in [0.15, 0.2) is 48.5 Å². The fourth-order valence-corrected chi connectivity index (χ4v) is 5.20. The maximum Gasteiger partial charge on any atom is 0.309 e. The van der Waals surface area contributed by atoms with Crippen LogP contribution in [0.25, 0.3) is 0 Å². The molecule has 0 amide bonds. The minimum Gasteiger partial charge on any atom is -0.461 e. The number of ether oxygens (including phenoxy) is 2. The van der Waals surface area contributed by atoms with Gasteiger partial charge in [-0.15, -0.1) is 0 Å². The molecule has 3 rings (SSSR count). The SMILES string of the molecule is CC(C)(C)OC(=O)C(CCC(=O)C1(CC(=O)OCc2ccccc2)CCCC1)Cc1ccc(Cl)c(Cl)c1. The Balaban J connectivity index is 1.67. The summed E-state index contributed by atoms with van der Waals surface area (Å²) < 4.78 is 11.2. The van der Waals surface area contributed by atoms with Crippen LogP contribution in [0.2, 0.25) is 10.0 Å². The third-order valence-electron chi connectivity index (χ3n) is 6.80. The van der Waals surface area contributed by atoms with Crippen LogP contribution in [-0.4, -0.2) is 23.3 Å². The first-order chi connectivity index (χ1) is 17.5. The highest BCUT2D eigenvalue weighted by Crippen LogP contribution is 2.43. The number of carbonyl (C=O) groups excluding carboxylic acids is 3. The van der Waals surface area contributed by atoms with Crippen molar-refractivity contribution in [3.63, 3.8) is 0 Å². The normalized spacial score (nSPS) is 15.7. The molecular formula is C30H36Cl2O5. The van der Waals surface area contributed by atoms with Gasteiger partial charge in [0.05, 0.1) is 22.4 Å². The zero-order chi connectivity index (χ0) is 27.1. The quantitative estimate of drug-likeness (QED) is 0.272. The summed E-state index contributed by atoms with van der Waals surface area (Å²) in [7, 11) is 0. The minimum absolute atomic E-state index is 0.0179. The number of rotatable bonds is 11. The van der Waals surface area contributed by atoms with Gasteiger partial charge in [-0.2, -0.15) is 0 Å². The van der Waals surface area contributed by atoms with E-state index in [2.05, 4.69) is 0 Å². The number of benzene rings is 2. The number of hydrogen-bond acceptors (Lipinski definition) is 5. The van der Waals surface area contributed by atoms with Gasteiger partial charge in [0, 0.05) is 11.8 Å². The predicted octanol–water partition coefficient (Wildman–Crippen LogP) is 7.54. The molecule has 1 fully saturated rings. The molecule has 0 aromatic heterocycles. The van der Waals surface area contributed by atoms with E-state index in [1.807, 2.05) is 57.2 Å². The van der Waals surface area contributed by atoms with Crippen LogP contribution in [0.3, 0.4) is 0 Å². The van der Waals surface area contributed by atoms with Gasteiger partial charge < -0.3 is 9.47 Å². The second-order valence-corrected chi connectivity index (χ2v) is 11.8. The summed E-state index contributed by atoms with van der Waals surface area (Å²) in [6.07, 6.45) is 4.10. The molecule has 1 unspecified atom stereocenters. The highest BCUT2D eigenvalue weighted by Gasteiger charge is 2.43. The van der Waals surface area contributed by atoms with E-state index in [1.54, 1.807) is 12.1 Å². The Morgan fingerprint density at radius 2 is 1.62 bits per heavy atom. The van der Waals surface area contributed by atoms with Crippen LogP contribution in [0, 0.1) is 11.3 Å². The van der Waals surface area contributed by atoms with E-state index in [4.69, 9.17) is 32.7 Å². The fourth-order valence-electron chi connectivity index (χ4n) is 4.88. The van der Waals surface area contributed by atoms with Crippen molar-refractivity contribution in [3.8, 4) is 0 Å². The van der Waals surface area contributed by atoms with Crippen LogP contribution in [0.1, 0.15) is 76.8 Å². The molecule has 0 bridgehead atoms. The van der Waals surface area contributed by atoms with Gasteiger partial charge >= 0.3 is 11.9 Å². The molecule has 1 saturated carbocycles. The molecule has 0 N–H and O–H groups in total. The van der Waals surface area contributed by atoms with Gasteiger partial charge in [0.1, 0.15) is 18.0 Å². The number of esters is 2. The van der Waals surface area contributed by atoms with Crippen molar-refractivity contribution < 1.29 is 23.9 Å². The van der Waals surface area contributed by atoms with E-state index in [0.717, 1.165) is 24.0 Å². The van der Waals surface area contributed by atoms with Crippen molar-refractivity contribution in [2.24, 2.45) is 11.3 Å². The van der Waals surface area contributed by atoms with Gasteiger partial charge in [-0.25, -0.2) is 0 Å². The monoisotopic (exact) mass is 546 g/mol. The first kappa shape index (κ1) is 29.2. The van der Waals surface area contributed by atoms with Crippen molar-refractivity contribution >= 4 is 40.9 Å². The number of ketones is 1. The average Bonchev–Trinajstić information content (AvgIpc) is 3.31. The highest BCUT2D eigenvalue weighted by molar-refractivity contribution is 6.42. The summed E-state index contributed by atoms with van der Waals surface area (Å²) in [6.45, 7) is 5.65. The molecule has 0 aliphatic heterocycles. The molecule has 5 nitrogen and oxygen atoms in total. The number of hydrogen-bond donors (Lipinski definition) is 0. The Morgan fingerprint density at radius 1 is 0.946 bits per heavy atom. The summed E-state index contributed by atoms with van der Waals surface area (Å²) in [5.41, 5.74) is 0.380. The molecule has 0 heterocycles. The largest absolute Gasteiger partial charge is 0.461 e. The lowest BCUT2D eigenvalue weighted by Crippen LogP contribution is -2.34. The van der Waals surface area contributed by atoms with E-state index in [-0.39, 0.29) is 37.2 Å². The standard InChI is InChI=1S/C30H36Cl2O5/c1-29(2,3)37-28(35)23(17-22-11-13-24(31)25(32)18-22)12-14-26(33)30(15-7-8-16-30)19-27(34)36-20-21-9-5-4-6-10-21/h4-6,9-11,13,18,23H,7-8,12,14-17,19-20H2,1-3H3. The van der Waals surface area contributed by atoms with E-state index < -0.39 is 16.9 Å². The maximum absolute atomic E-state index is 13.5. The van der Waals surface area contributed by atoms with Crippen LogP contribution in [-0.2, 0) is 36.9 Å². The van der Waals surface area contributed by atoms with E-state index in [9.17, 15) is 14.4 Å². The van der Waals surface area contributed by atoms with Crippen LogP contribution < -0.4 is 0 Å². The van der Waals surface area contributed by atoms with Gasteiger partial charge in [-0.05, 0) is 69.7 Å². The Kier molecular flexibility index (Phi) is 10.2. The van der Waals surface area contributed by atoms with Crippen LogP contribution >= 0.6 is 23.2 Å². The van der Waals surface area contributed by atoms with E-state index in [0.29, 0.717) is 35.7 Å². The fraction of sp³-hybridized carbons (Fsp3) is 0.500. The van der Waals surface area contributed by atoms with Crippen molar-refractivity contribution in [2.75, 3.05) is 0 Å². The van der Waals surface area contributed by atoms with Crippen molar-refractivity contribution in [3.05, 3.63) is 69.7 Å². The third-order valence-corrected chi connectivity index (χ3v) is 7.54. The summed E-state index contributed by atoms with van der Waals surface area (Å²) in [4.78, 5) is 39.3. The molecule has 37 heavy (non-hydrogen) atoms. The predicted molar refractivity (Wildman–Crippen MR) is 145 cm³/mol. The summed E-state index contributed by atoms with van der Waals surface area (Å²) in [5.74, 6) is -1.22. The lowest BCUT2D eigenvalue weighted by Gasteiger charge is -2.28. The smallest absolute Gasteiger partial charge is 0.309 e. The van der Waals surface area contributed by atoms with Crippen molar-refractivity contribution in [1.82, 2.24) is 0 Å². The Hall–Kier alpha value is -2.37. The lowest BCUT2D eigenvalue weighted by molar-refractivity contribution is -0.160. The molecule has 1 atom stereocenters. The first-order valence-electron chi connectivity index (χ1n) is 12.9. The molecule has 7 heteroatoms. The second kappa shape index (κ2) is 12.9. The Morgan fingerprint density at radius 3 is 2.24 bits per heavy atom. The molecule has 0 saturated heterocycles. The summed E-state index contributed by atoms with van der Waals surface area (Å²) >= 11 is 12.2. The molecule has 0 radical (unpaired) electrons. The number of carbonyl (C=O) groups is 3. The zero-order valence-electron chi connectivity index (χ0n) is 21.9.